The molecule has 0 bridgehead atoms. The Morgan fingerprint density at radius 1 is 1.30 bits per heavy atom. The van der Waals surface area contributed by atoms with Crippen molar-refractivity contribution in [2.24, 2.45) is 10.9 Å². The lowest BCUT2D eigenvalue weighted by Crippen LogP contribution is -2.14. The Labute approximate surface area is 130 Å². The van der Waals surface area contributed by atoms with Crippen molar-refractivity contribution in [1.29, 1.82) is 0 Å². The summed E-state index contributed by atoms with van der Waals surface area (Å²) < 4.78 is 5.72. The fraction of sp³-hybridized carbons (Fsp3) is 0.0625. The van der Waals surface area contributed by atoms with Crippen LogP contribution in [-0.4, -0.2) is 21.9 Å². The van der Waals surface area contributed by atoms with Gasteiger partial charge in [-0.15, -0.1) is 0 Å². The molecule has 23 heavy (non-hydrogen) atoms. The Balaban J connectivity index is 1.86. The summed E-state index contributed by atoms with van der Waals surface area (Å²) >= 11 is 0. The van der Waals surface area contributed by atoms with E-state index in [1.165, 1.54) is 0 Å². The molecule has 1 aliphatic heterocycles. The highest BCUT2D eigenvalue weighted by atomic mass is 16.4. The zero-order chi connectivity index (χ0) is 16.0. The number of oxime groups is 1. The smallest absolute Gasteiger partial charge is 0.241 e. The molecule has 1 amide bonds. The maximum absolute atomic E-state index is 12.3. The van der Waals surface area contributed by atoms with E-state index in [0.29, 0.717) is 33.8 Å². The molecule has 3 aromatic rings. The summed E-state index contributed by atoms with van der Waals surface area (Å²) in [4.78, 5) is 16.7. The highest BCUT2D eigenvalue weighted by molar-refractivity contribution is 6.06. The molecule has 1 aliphatic rings. The van der Waals surface area contributed by atoms with Crippen molar-refractivity contribution >= 4 is 28.5 Å². The zero-order valence-electron chi connectivity index (χ0n) is 11.9. The lowest BCUT2D eigenvalue weighted by molar-refractivity contribution is -0.116. The van der Waals surface area contributed by atoms with E-state index in [-0.39, 0.29) is 11.7 Å². The predicted molar refractivity (Wildman–Crippen MR) is 83.4 cm³/mol. The Morgan fingerprint density at radius 3 is 2.91 bits per heavy atom. The van der Waals surface area contributed by atoms with Gasteiger partial charge in [-0.2, -0.15) is 0 Å². The zero-order valence-corrected chi connectivity index (χ0v) is 11.9. The van der Waals surface area contributed by atoms with Crippen LogP contribution in [0.3, 0.4) is 0 Å². The number of amidine groups is 1. The molecule has 1 aromatic heterocycles. The van der Waals surface area contributed by atoms with Crippen LogP contribution in [0.5, 0.6) is 0 Å². The van der Waals surface area contributed by atoms with E-state index < -0.39 is 5.92 Å². The average molecular weight is 308 g/mol. The van der Waals surface area contributed by atoms with E-state index in [9.17, 15) is 4.79 Å². The molecular formula is C16H12N4O3. The number of nitrogens with two attached hydrogens (primary N) is 1. The molecular weight excluding hydrogens is 296 g/mol. The highest BCUT2D eigenvalue weighted by Crippen LogP contribution is 2.38. The first-order valence-corrected chi connectivity index (χ1v) is 6.95. The minimum atomic E-state index is -0.663. The average Bonchev–Trinajstić information content (AvgIpc) is 3.12. The minimum Gasteiger partial charge on any atom is -0.439 e. The Kier molecular flexibility index (Phi) is 2.80. The van der Waals surface area contributed by atoms with Gasteiger partial charge in [0.2, 0.25) is 11.8 Å². The second-order valence-electron chi connectivity index (χ2n) is 5.23. The first-order valence-electron chi connectivity index (χ1n) is 6.95. The van der Waals surface area contributed by atoms with Gasteiger partial charge in [0.1, 0.15) is 11.4 Å². The first kappa shape index (κ1) is 13.3. The van der Waals surface area contributed by atoms with Crippen LogP contribution in [0.4, 0.5) is 5.69 Å². The van der Waals surface area contributed by atoms with E-state index in [1.807, 2.05) is 18.2 Å². The molecule has 4 N–H and O–H groups in total. The maximum Gasteiger partial charge on any atom is 0.241 e. The molecule has 4 rings (SSSR count). The molecule has 1 unspecified atom stereocenters. The fourth-order valence-electron chi connectivity index (χ4n) is 2.74. The SMILES string of the molecule is N/C(=N/O)c1ccc2c(c1)C(c1nc3ccccc3o1)C(=O)N2. The molecule has 7 nitrogen and oxygen atoms in total. The third-order valence-electron chi connectivity index (χ3n) is 3.84. The number of carbonyl (C=O) groups excluding carboxylic acids is 1. The fourth-order valence-corrected chi connectivity index (χ4v) is 2.74. The van der Waals surface area contributed by atoms with E-state index in [2.05, 4.69) is 15.5 Å². The van der Waals surface area contributed by atoms with E-state index in [0.717, 1.165) is 0 Å². The number of rotatable bonds is 2. The first-order chi connectivity index (χ1) is 11.2. The van der Waals surface area contributed by atoms with E-state index in [1.54, 1.807) is 24.3 Å². The summed E-state index contributed by atoms with van der Waals surface area (Å²) in [6, 6.07) is 12.4. The highest BCUT2D eigenvalue weighted by Gasteiger charge is 2.36. The van der Waals surface area contributed by atoms with Gasteiger partial charge >= 0.3 is 0 Å². The number of hydrogen-bond acceptors (Lipinski definition) is 5. The van der Waals surface area contributed by atoms with Gasteiger partial charge in [-0.25, -0.2) is 4.98 Å². The summed E-state index contributed by atoms with van der Waals surface area (Å²) in [6.45, 7) is 0. The number of oxazole rings is 1. The third kappa shape index (κ3) is 2.02. The topological polar surface area (TPSA) is 114 Å². The number of amides is 1. The minimum absolute atomic E-state index is 0.0246. The maximum atomic E-state index is 12.3. The molecule has 7 heteroatoms. The number of para-hydroxylation sites is 2. The normalized spacial score (nSPS) is 17.3. The summed E-state index contributed by atoms with van der Waals surface area (Å²) in [5.74, 6) is -0.588. The Hall–Kier alpha value is -3.35. The molecule has 0 spiro atoms. The standard InChI is InChI=1S/C16H12N4O3/c17-14(20-22)8-5-6-10-9(7-8)13(15(21)18-10)16-19-11-3-1-2-4-12(11)23-16/h1-7,13,22H,(H2,17,20)(H,18,21). The lowest BCUT2D eigenvalue weighted by atomic mass is 9.98. The molecule has 2 aromatic carbocycles. The number of nitrogens with one attached hydrogen (secondary N) is 1. The molecule has 0 fully saturated rings. The van der Waals surface area contributed by atoms with Crippen LogP contribution in [0.2, 0.25) is 0 Å². The lowest BCUT2D eigenvalue weighted by Gasteiger charge is -2.06. The van der Waals surface area contributed by atoms with Gasteiger partial charge in [0.25, 0.3) is 0 Å². The van der Waals surface area contributed by atoms with Crippen LogP contribution >= 0.6 is 0 Å². The summed E-state index contributed by atoms with van der Waals surface area (Å²) in [5.41, 5.74) is 8.80. The number of aromatic nitrogens is 1. The van der Waals surface area contributed by atoms with Gasteiger partial charge in [0, 0.05) is 11.3 Å². The van der Waals surface area contributed by atoms with Gasteiger partial charge in [-0.1, -0.05) is 17.3 Å². The predicted octanol–water partition coefficient (Wildman–Crippen LogP) is 2.01. The number of nitrogens with zero attached hydrogens (tertiary/aromatic N) is 2. The van der Waals surface area contributed by atoms with Crippen molar-refractivity contribution in [3.8, 4) is 0 Å². The molecule has 2 heterocycles. The Morgan fingerprint density at radius 2 is 2.13 bits per heavy atom. The van der Waals surface area contributed by atoms with Crippen LogP contribution in [-0.2, 0) is 4.79 Å². The third-order valence-corrected chi connectivity index (χ3v) is 3.84. The van der Waals surface area contributed by atoms with Gasteiger partial charge in [-0.05, 0) is 35.9 Å². The number of carbonyl (C=O) groups is 1. The quantitative estimate of drug-likeness (QED) is 0.290. The van der Waals surface area contributed by atoms with Crippen LogP contribution in [0.15, 0.2) is 52.0 Å². The van der Waals surface area contributed by atoms with Crippen molar-refractivity contribution in [2.75, 3.05) is 5.32 Å². The molecule has 0 aliphatic carbocycles. The summed E-state index contributed by atoms with van der Waals surface area (Å²) in [7, 11) is 0. The number of fused-ring (bicyclic) bond motifs is 2. The molecule has 1 atom stereocenters. The number of benzene rings is 2. The van der Waals surface area contributed by atoms with Crippen molar-refractivity contribution in [3.05, 3.63) is 59.5 Å². The van der Waals surface area contributed by atoms with Gasteiger partial charge in [-0.3, -0.25) is 4.79 Å². The van der Waals surface area contributed by atoms with Crippen molar-refractivity contribution < 1.29 is 14.4 Å². The second kappa shape index (κ2) is 4.84. The van der Waals surface area contributed by atoms with Crippen molar-refractivity contribution in [1.82, 2.24) is 4.98 Å². The van der Waals surface area contributed by atoms with Gasteiger partial charge in [0.15, 0.2) is 11.4 Å². The summed E-state index contributed by atoms with van der Waals surface area (Å²) in [5, 5.41) is 14.6. The van der Waals surface area contributed by atoms with E-state index >= 15 is 0 Å². The Bertz CT molecular complexity index is 928. The molecule has 0 saturated heterocycles. The molecule has 0 saturated carbocycles. The monoisotopic (exact) mass is 308 g/mol. The second-order valence-corrected chi connectivity index (χ2v) is 5.23. The number of anilines is 1. The van der Waals surface area contributed by atoms with Crippen molar-refractivity contribution in [3.63, 3.8) is 0 Å². The number of hydrogen-bond donors (Lipinski definition) is 3. The van der Waals surface area contributed by atoms with Gasteiger partial charge < -0.3 is 20.7 Å². The summed E-state index contributed by atoms with van der Waals surface area (Å²) in [6.07, 6.45) is 0. The van der Waals surface area contributed by atoms with Crippen molar-refractivity contribution in [2.45, 2.75) is 5.92 Å². The van der Waals surface area contributed by atoms with Crippen LogP contribution in [0, 0.1) is 0 Å². The van der Waals surface area contributed by atoms with E-state index in [4.69, 9.17) is 15.4 Å². The van der Waals surface area contributed by atoms with Crippen LogP contribution in [0.1, 0.15) is 22.9 Å². The van der Waals surface area contributed by atoms with Crippen LogP contribution in [0.25, 0.3) is 11.1 Å². The van der Waals surface area contributed by atoms with Crippen LogP contribution < -0.4 is 11.1 Å². The molecule has 114 valence electrons. The largest absolute Gasteiger partial charge is 0.439 e. The van der Waals surface area contributed by atoms with Gasteiger partial charge in [0.05, 0.1) is 0 Å². The molecule has 0 radical (unpaired) electrons.